The van der Waals surface area contributed by atoms with Gasteiger partial charge >= 0.3 is 11.9 Å². The summed E-state index contributed by atoms with van der Waals surface area (Å²) in [4.78, 5) is 56.6. The van der Waals surface area contributed by atoms with Crippen LogP contribution in [-0.2, 0) is 9.59 Å². The Balaban J connectivity index is 1.56. The van der Waals surface area contributed by atoms with E-state index < -0.39 is 29.4 Å². The van der Waals surface area contributed by atoms with E-state index in [1.54, 1.807) is 18.3 Å². The van der Waals surface area contributed by atoms with E-state index >= 15 is 0 Å². The van der Waals surface area contributed by atoms with Crippen molar-refractivity contribution in [1.29, 1.82) is 0 Å². The van der Waals surface area contributed by atoms with Crippen LogP contribution >= 0.6 is 0 Å². The van der Waals surface area contributed by atoms with E-state index in [9.17, 15) is 19.2 Å². The molecule has 13 heteroatoms. The largest absolute Gasteiger partial charge is 0.481 e. The van der Waals surface area contributed by atoms with Crippen molar-refractivity contribution >= 4 is 47.2 Å². The molecule has 13 nitrogen and oxygen atoms in total. The molecule has 1 aliphatic heterocycles. The van der Waals surface area contributed by atoms with Gasteiger partial charge in [0.1, 0.15) is 11.7 Å². The lowest BCUT2D eigenvalue weighted by molar-refractivity contribution is -0.140. The molecule has 32 heavy (non-hydrogen) atoms. The number of carboxylic acids is 2. The highest BCUT2D eigenvalue weighted by Gasteiger charge is 2.22. The number of aromatic nitrogens is 2. The molecule has 8 N–H and O–H groups in total. The second kappa shape index (κ2) is 9.59. The van der Waals surface area contributed by atoms with E-state index in [1.807, 2.05) is 0 Å². The Bertz CT molecular complexity index is 1110. The number of aliphatic imine (C=N–C) groups is 1. The van der Waals surface area contributed by atoms with Crippen LogP contribution in [0.25, 0.3) is 0 Å². The molecule has 1 aromatic carbocycles. The van der Waals surface area contributed by atoms with Crippen molar-refractivity contribution in [3.8, 4) is 0 Å². The third-order valence-electron chi connectivity index (χ3n) is 4.55. The number of nitrogen functional groups attached to an aromatic ring is 1. The van der Waals surface area contributed by atoms with Gasteiger partial charge in [0, 0.05) is 30.4 Å². The molecule has 0 bridgehead atoms. The van der Waals surface area contributed by atoms with Gasteiger partial charge in [0.05, 0.1) is 6.04 Å². The van der Waals surface area contributed by atoms with Gasteiger partial charge in [-0.05, 0) is 30.7 Å². The number of nitrogens with zero attached hydrogens (tertiary/aromatic N) is 2. The van der Waals surface area contributed by atoms with Gasteiger partial charge in [-0.15, -0.1) is 0 Å². The van der Waals surface area contributed by atoms with Crippen molar-refractivity contribution in [2.45, 2.75) is 24.9 Å². The average molecular weight is 443 g/mol. The van der Waals surface area contributed by atoms with Crippen LogP contribution in [0.1, 0.15) is 23.2 Å². The molecule has 2 atom stereocenters. The average Bonchev–Trinajstić information content (AvgIpc) is 2.75. The lowest BCUT2D eigenvalue weighted by Crippen LogP contribution is -2.41. The number of hydrogen-bond acceptors (Lipinski definition) is 9. The molecule has 1 aliphatic rings. The number of carboxylic acid groups (broad SMARTS) is 2. The number of fused-ring (bicyclic) bond motifs is 1. The summed E-state index contributed by atoms with van der Waals surface area (Å²) in [5, 5.41) is 26.3. The van der Waals surface area contributed by atoms with Crippen molar-refractivity contribution in [3.63, 3.8) is 0 Å². The number of H-pyrrole nitrogens is 1. The molecule has 0 radical (unpaired) electrons. The fourth-order valence-electron chi connectivity index (χ4n) is 2.92. The number of aromatic amines is 1. The maximum absolute atomic E-state index is 12.3. The second-order valence-corrected chi connectivity index (χ2v) is 6.93. The van der Waals surface area contributed by atoms with Crippen LogP contribution in [0, 0.1) is 0 Å². The number of rotatable bonds is 9. The summed E-state index contributed by atoms with van der Waals surface area (Å²) in [5.74, 6) is -2.89. The fourth-order valence-corrected chi connectivity index (χ4v) is 2.92. The number of nitrogens with one attached hydrogen (secondary N) is 4. The minimum absolute atomic E-state index is 0.0232. The molecule has 2 heterocycles. The van der Waals surface area contributed by atoms with Gasteiger partial charge in [-0.1, -0.05) is 0 Å². The van der Waals surface area contributed by atoms with Gasteiger partial charge in [-0.3, -0.25) is 19.4 Å². The van der Waals surface area contributed by atoms with E-state index in [0.717, 1.165) is 0 Å². The molecule has 0 saturated heterocycles. The SMILES string of the molecule is Nc1nc2c(c(=O)[nH]1)NC(CNc1ccc(C(=O)NC(CCC(=O)O)C(=O)O)cc1)C=N2. The predicted octanol–water partition coefficient (Wildman–Crippen LogP) is 0.00840. The first-order chi connectivity index (χ1) is 15.2. The van der Waals surface area contributed by atoms with E-state index in [2.05, 4.69) is 30.9 Å². The number of nitrogens with two attached hydrogens (primary N) is 1. The van der Waals surface area contributed by atoms with Crippen molar-refractivity contribution in [2.75, 3.05) is 22.9 Å². The molecule has 3 rings (SSSR count). The van der Waals surface area contributed by atoms with E-state index in [4.69, 9.17) is 15.9 Å². The smallest absolute Gasteiger partial charge is 0.326 e. The van der Waals surface area contributed by atoms with Crippen LogP contribution in [0.5, 0.6) is 0 Å². The van der Waals surface area contributed by atoms with Crippen LogP contribution < -0.4 is 27.2 Å². The first-order valence-electron chi connectivity index (χ1n) is 9.53. The van der Waals surface area contributed by atoms with Gasteiger partial charge in [0.15, 0.2) is 5.82 Å². The van der Waals surface area contributed by atoms with Crippen molar-refractivity contribution in [2.24, 2.45) is 4.99 Å². The number of aliphatic carboxylic acids is 2. The van der Waals surface area contributed by atoms with Gasteiger partial charge in [0.25, 0.3) is 11.5 Å². The summed E-state index contributed by atoms with van der Waals surface area (Å²) in [7, 11) is 0. The maximum Gasteiger partial charge on any atom is 0.326 e. The molecule has 168 valence electrons. The summed E-state index contributed by atoms with van der Waals surface area (Å²) in [5.41, 5.74) is 6.18. The topological polar surface area (TPSA) is 212 Å². The maximum atomic E-state index is 12.3. The number of amides is 1. The molecule has 0 fully saturated rings. The summed E-state index contributed by atoms with van der Waals surface area (Å²) in [6.45, 7) is 0.370. The standard InChI is InChI=1S/C19H21N7O6/c20-19-25-15-14(17(30)26-19)23-11(8-22-15)7-21-10-3-1-9(2-4-10)16(29)24-12(18(31)32)5-6-13(27)28/h1-4,8,11-12,21,23H,5-7H2,(H,24,29)(H,27,28)(H,31,32)(H3,20,25,26,30). The zero-order chi connectivity index (χ0) is 23.3. The zero-order valence-corrected chi connectivity index (χ0v) is 16.7. The molecular weight excluding hydrogens is 422 g/mol. The Kier molecular flexibility index (Phi) is 6.68. The van der Waals surface area contributed by atoms with Crippen LogP contribution in [-0.4, -0.2) is 62.9 Å². The van der Waals surface area contributed by atoms with Crippen LogP contribution in [0.15, 0.2) is 34.1 Å². The summed E-state index contributed by atoms with van der Waals surface area (Å²) in [6.07, 6.45) is 0.991. The van der Waals surface area contributed by atoms with E-state index in [1.165, 1.54) is 12.1 Å². The number of carbonyl (C=O) groups excluding carboxylic acids is 1. The minimum Gasteiger partial charge on any atom is -0.481 e. The number of hydrogen-bond donors (Lipinski definition) is 7. The number of benzene rings is 1. The predicted molar refractivity (Wildman–Crippen MR) is 116 cm³/mol. The summed E-state index contributed by atoms with van der Waals surface area (Å²) in [6, 6.07) is 4.66. The Labute approximate surface area is 180 Å². The Hall–Kier alpha value is -4.42. The molecule has 0 aliphatic carbocycles. The quantitative estimate of drug-likeness (QED) is 0.276. The fraction of sp³-hybridized carbons (Fsp3) is 0.263. The second-order valence-electron chi connectivity index (χ2n) is 6.93. The Morgan fingerprint density at radius 2 is 1.91 bits per heavy atom. The highest BCUT2D eigenvalue weighted by atomic mass is 16.4. The first-order valence-corrected chi connectivity index (χ1v) is 9.53. The van der Waals surface area contributed by atoms with Crippen molar-refractivity contribution < 1.29 is 24.6 Å². The number of anilines is 3. The monoisotopic (exact) mass is 443 g/mol. The lowest BCUT2D eigenvalue weighted by Gasteiger charge is -2.21. The summed E-state index contributed by atoms with van der Waals surface area (Å²) < 4.78 is 0. The minimum atomic E-state index is -1.31. The van der Waals surface area contributed by atoms with Gasteiger partial charge in [-0.25, -0.2) is 9.79 Å². The normalized spacial score (nSPS) is 15.2. The highest BCUT2D eigenvalue weighted by Crippen LogP contribution is 2.22. The molecule has 1 aromatic heterocycles. The van der Waals surface area contributed by atoms with Crippen molar-refractivity contribution in [1.82, 2.24) is 15.3 Å². The van der Waals surface area contributed by atoms with Crippen LogP contribution in [0.3, 0.4) is 0 Å². The van der Waals surface area contributed by atoms with Gasteiger partial charge < -0.3 is 31.9 Å². The third kappa shape index (κ3) is 5.59. The zero-order valence-electron chi connectivity index (χ0n) is 16.7. The summed E-state index contributed by atoms with van der Waals surface area (Å²) >= 11 is 0. The van der Waals surface area contributed by atoms with E-state index in [0.29, 0.717) is 12.2 Å². The van der Waals surface area contributed by atoms with Gasteiger partial charge in [0.2, 0.25) is 5.95 Å². The third-order valence-corrected chi connectivity index (χ3v) is 4.55. The molecule has 0 saturated carbocycles. The molecule has 2 aromatic rings. The molecule has 2 unspecified atom stereocenters. The van der Waals surface area contributed by atoms with Crippen LogP contribution in [0.2, 0.25) is 0 Å². The van der Waals surface area contributed by atoms with E-state index in [-0.39, 0.29) is 41.9 Å². The Morgan fingerprint density at radius 3 is 2.56 bits per heavy atom. The lowest BCUT2D eigenvalue weighted by atomic mass is 10.1. The van der Waals surface area contributed by atoms with Crippen LogP contribution in [0.4, 0.5) is 23.1 Å². The molecule has 1 amide bonds. The Morgan fingerprint density at radius 1 is 1.19 bits per heavy atom. The molecular formula is C19H21N7O6. The first kappa shape index (κ1) is 22.3. The number of carbonyl (C=O) groups is 3. The van der Waals surface area contributed by atoms with Crippen molar-refractivity contribution in [3.05, 3.63) is 40.2 Å². The van der Waals surface area contributed by atoms with Gasteiger partial charge in [-0.2, -0.15) is 4.98 Å². The highest BCUT2D eigenvalue weighted by molar-refractivity contribution is 5.97. The molecule has 0 spiro atoms.